The van der Waals surface area contributed by atoms with Crippen molar-refractivity contribution < 1.29 is 9.53 Å². The second-order valence-electron chi connectivity index (χ2n) is 5.55. The van der Waals surface area contributed by atoms with Gasteiger partial charge in [0.25, 0.3) is 5.91 Å². The van der Waals surface area contributed by atoms with Crippen molar-refractivity contribution in [1.29, 1.82) is 0 Å². The Balaban J connectivity index is 1.66. The number of rotatable bonds is 6. The average molecular weight is 360 g/mol. The highest BCUT2D eigenvalue weighted by Crippen LogP contribution is 2.16. The third-order valence-electron chi connectivity index (χ3n) is 3.77. The number of aryl methyl sites for hydroxylation is 1. The van der Waals surface area contributed by atoms with Gasteiger partial charge in [-0.05, 0) is 36.4 Å². The first-order valence-electron chi connectivity index (χ1n) is 7.67. The van der Waals surface area contributed by atoms with Crippen molar-refractivity contribution >= 4 is 17.5 Å². The molecule has 3 rings (SSSR count). The Morgan fingerprint density at radius 1 is 1.16 bits per heavy atom. The van der Waals surface area contributed by atoms with Crippen LogP contribution in [0.5, 0.6) is 5.75 Å². The molecule has 0 bridgehead atoms. The lowest BCUT2D eigenvalue weighted by Crippen LogP contribution is -2.29. The molecule has 0 N–H and O–H groups in total. The smallest absolute Gasteiger partial charge is 0.272 e. The highest BCUT2D eigenvalue weighted by atomic mass is 35.5. The Kier molecular flexibility index (Phi) is 5.04. The van der Waals surface area contributed by atoms with E-state index in [2.05, 4.69) is 10.2 Å². The van der Waals surface area contributed by atoms with E-state index in [9.17, 15) is 4.79 Å². The molecule has 0 unspecified atom stereocenters. The van der Waals surface area contributed by atoms with Crippen molar-refractivity contribution in [3.8, 4) is 5.75 Å². The molecule has 0 radical (unpaired) electrons. The van der Waals surface area contributed by atoms with Crippen molar-refractivity contribution in [3.63, 3.8) is 0 Å². The summed E-state index contributed by atoms with van der Waals surface area (Å²) in [5.41, 5.74) is 1.40. The van der Waals surface area contributed by atoms with Crippen LogP contribution in [0.3, 0.4) is 0 Å². The standard InChI is InChI=1S/C17H18ClN5O2/c1-21(11-14-7-9-19-22(14)2)17(24)16-8-10-20-23(16)12-25-15-5-3-13(18)4-6-15/h3-10H,11-12H2,1-2H3. The molecule has 0 atom stereocenters. The van der Waals surface area contributed by atoms with Gasteiger partial charge in [-0.2, -0.15) is 10.2 Å². The highest BCUT2D eigenvalue weighted by Gasteiger charge is 2.18. The third-order valence-corrected chi connectivity index (χ3v) is 4.02. The number of ether oxygens (including phenoxy) is 1. The van der Waals surface area contributed by atoms with Crippen LogP contribution in [0.4, 0.5) is 0 Å². The van der Waals surface area contributed by atoms with Crippen molar-refractivity contribution in [2.75, 3.05) is 7.05 Å². The lowest BCUT2D eigenvalue weighted by Gasteiger charge is -2.18. The van der Waals surface area contributed by atoms with Gasteiger partial charge in [0, 0.05) is 31.5 Å². The van der Waals surface area contributed by atoms with E-state index in [4.69, 9.17) is 16.3 Å². The summed E-state index contributed by atoms with van der Waals surface area (Å²) in [5, 5.41) is 8.92. The Bertz CT molecular complexity index is 856. The minimum atomic E-state index is -0.140. The summed E-state index contributed by atoms with van der Waals surface area (Å²) in [4.78, 5) is 14.3. The molecule has 2 heterocycles. The van der Waals surface area contributed by atoms with Crippen LogP contribution < -0.4 is 4.74 Å². The molecule has 0 saturated carbocycles. The van der Waals surface area contributed by atoms with Crippen LogP contribution >= 0.6 is 11.6 Å². The molecule has 25 heavy (non-hydrogen) atoms. The Labute approximate surface area is 150 Å². The Hall–Kier alpha value is -2.80. The molecular weight excluding hydrogens is 342 g/mol. The average Bonchev–Trinajstić information content (AvgIpc) is 3.23. The van der Waals surface area contributed by atoms with Gasteiger partial charge < -0.3 is 9.64 Å². The number of nitrogens with zero attached hydrogens (tertiary/aromatic N) is 5. The van der Waals surface area contributed by atoms with E-state index in [-0.39, 0.29) is 12.6 Å². The molecule has 2 aromatic heterocycles. The van der Waals surface area contributed by atoms with Gasteiger partial charge in [0.15, 0.2) is 6.73 Å². The summed E-state index contributed by atoms with van der Waals surface area (Å²) >= 11 is 5.85. The number of halogens is 1. The van der Waals surface area contributed by atoms with Gasteiger partial charge in [-0.1, -0.05) is 11.6 Å². The van der Waals surface area contributed by atoms with E-state index >= 15 is 0 Å². The summed E-state index contributed by atoms with van der Waals surface area (Å²) < 4.78 is 8.92. The van der Waals surface area contributed by atoms with Gasteiger partial charge in [-0.15, -0.1) is 0 Å². The van der Waals surface area contributed by atoms with E-state index in [0.29, 0.717) is 23.0 Å². The normalized spacial score (nSPS) is 10.7. The summed E-state index contributed by atoms with van der Waals surface area (Å²) in [7, 11) is 3.59. The Morgan fingerprint density at radius 3 is 2.56 bits per heavy atom. The molecule has 3 aromatic rings. The van der Waals surface area contributed by atoms with E-state index in [1.165, 1.54) is 4.68 Å². The van der Waals surface area contributed by atoms with Gasteiger partial charge >= 0.3 is 0 Å². The molecule has 130 valence electrons. The maximum Gasteiger partial charge on any atom is 0.272 e. The number of carbonyl (C=O) groups is 1. The third kappa shape index (κ3) is 4.00. The van der Waals surface area contributed by atoms with Gasteiger partial charge in [-0.3, -0.25) is 9.48 Å². The first-order valence-corrected chi connectivity index (χ1v) is 8.05. The van der Waals surface area contributed by atoms with Crippen LogP contribution in [-0.2, 0) is 20.3 Å². The lowest BCUT2D eigenvalue weighted by atomic mass is 10.3. The minimum Gasteiger partial charge on any atom is -0.471 e. The molecule has 0 fully saturated rings. The first-order chi connectivity index (χ1) is 12.0. The molecule has 0 saturated heterocycles. The maximum absolute atomic E-state index is 12.7. The lowest BCUT2D eigenvalue weighted by molar-refractivity contribution is 0.0759. The van der Waals surface area contributed by atoms with Crippen LogP contribution in [0, 0.1) is 0 Å². The second-order valence-corrected chi connectivity index (χ2v) is 5.99. The second kappa shape index (κ2) is 7.40. The number of aromatic nitrogens is 4. The van der Waals surface area contributed by atoms with Crippen molar-refractivity contribution in [2.24, 2.45) is 7.05 Å². The topological polar surface area (TPSA) is 65.2 Å². The van der Waals surface area contributed by atoms with E-state index in [0.717, 1.165) is 5.69 Å². The quantitative estimate of drug-likeness (QED) is 0.678. The minimum absolute atomic E-state index is 0.134. The van der Waals surface area contributed by atoms with Crippen molar-refractivity contribution in [1.82, 2.24) is 24.5 Å². The first kappa shape index (κ1) is 17.0. The Morgan fingerprint density at radius 2 is 1.88 bits per heavy atom. The number of hydrogen-bond donors (Lipinski definition) is 0. The SMILES string of the molecule is CN(Cc1ccnn1C)C(=O)c1ccnn1COc1ccc(Cl)cc1. The zero-order valence-corrected chi connectivity index (χ0v) is 14.7. The fraction of sp³-hybridized carbons (Fsp3) is 0.235. The summed E-state index contributed by atoms with van der Waals surface area (Å²) in [5.74, 6) is 0.514. The molecule has 0 spiro atoms. The number of hydrogen-bond acceptors (Lipinski definition) is 4. The fourth-order valence-corrected chi connectivity index (χ4v) is 2.48. The number of amides is 1. The van der Waals surface area contributed by atoms with Gasteiger partial charge in [0.2, 0.25) is 0 Å². The zero-order valence-electron chi connectivity index (χ0n) is 14.0. The van der Waals surface area contributed by atoms with Crippen LogP contribution in [0.2, 0.25) is 5.02 Å². The van der Waals surface area contributed by atoms with Crippen LogP contribution in [-0.4, -0.2) is 37.4 Å². The zero-order chi connectivity index (χ0) is 17.8. The van der Waals surface area contributed by atoms with Crippen LogP contribution in [0.1, 0.15) is 16.2 Å². The predicted octanol–water partition coefficient (Wildman–Crippen LogP) is 2.58. The summed E-state index contributed by atoms with van der Waals surface area (Å²) in [6.45, 7) is 0.591. The maximum atomic E-state index is 12.7. The molecular formula is C17H18ClN5O2. The van der Waals surface area contributed by atoms with E-state index in [1.807, 2.05) is 13.1 Å². The molecule has 0 aliphatic rings. The van der Waals surface area contributed by atoms with Crippen LogP contribution in [0.25, 0.3) is 0 Å². The predicted molar refractivity (Wildman–Crippen MR) is 93.3 cm³/mol. The van der Waals surface area contributed by atoms with Gasteiger partial charge in [-0.25, -0.2) is 4.68 Å². The van der Waals surface area contributed by atoms with E-state index in [1.54, 1.807) is 59.4 Å². The fourth-order valence-electron chi connectivity index (χ4n) is 2.35. The number of benzene rings is 1. The molecule has 1 amide bonds. The van der Waals surface area contributed by atoms with Gasteiger partial charge in [0.05, 0.1) is 12.2 Å². The van der Waals surface area contributed by atoms with E-state index < -0.39 is 0 Å². The summed E-state index contributed by atoms with van der Waals surface area (Å²) in [6.07, 6.45) is 3.29. The van der Waals surface area contributed by atoms with Crippen LogP contribution in [0.15, 0.2) is 48.8 Å². The largest absolute Gasteiger partial charge is 0.471 e. The molecule has 0 aliphatic heterocycles. The molecule has 1 aromatic carbocycles. The van der Waals surface area contributed by atoms with Crippen molar-refractivity contribution in [3.05, 3.63) is 65.2 Å². The van der Waals surface area contributed by atoms with Crippen molar-refractivity contribution in [2.45, 2.75) is 13.3 Å². The highest BCUT2D eigenvalue weighted by molar-refractivity contribution is 6.30. The summed E-state index contributed by atoms with van der Waals surface area (Å²) in [6, 6.07) is 10.6. The molecule has 0 aliphatic carbocycles. The number of carbonyl (C=O) groups excluding carboxylic acids is 1. The molecule has 8 heteroatoms. The monoisotopic (exact) mass is 359 g/mol. The van der Waals surface area contributed by atoms with Gasteiger partial charge in [0.1, 0.15) is 11.4 Å². The molecule has 7 nitrogen and oxygen atoms in total.